The van der Waals surface area contributed by atoms with Gasteiger partial charge in [-0.05, 0) is 40.5 Å². The lowest BCUT2D eigenvalue weighted by molar-refractivity contribution is 0.0593. The first kappa shape index (κ1) is 21.0. The van der Waals surface area contributed by atoms with E-state index in [4.69, 9.17) is 4.74 Å². The maximum absolute atomic E-state index is 6.00. The minimum atomic E-state index is 0.309. The van der Waals surface area contributed by atoms with E-state index in [0.29, 0.717) is 18.8 Å². The zero-order valence-corrected chi connectivity index (χ0v) is 17.9. The van der Waals surface area contributed by atoms with E-state index in [1.54, 1.807) is 6.33 Å². The van der Waals surface area contributed by atoms with Crippen LogP contribution in [0.15, 0.2) is 6.33 Å². The second kappa shape index (κ2) is 10.2. The average molecular weight is 386 g/mol. The summed E-state index contributed by atoms with van der Waals surface area (Å²) in [6.45, 7) is 16.6. The van der Waals surface area contributed by atoms with E-state index < -0.39 is 0 Å². The maximum Gasteiger partial charge on any atom is 0.135 e. The van der Waals surface area contributed by atoms with Crippen molar-refractivity contribution < 1.29 is 4.74 Å². The Morgan fingerprint density at radius 3 is 2.43 bits per heavy atom. The predicted octanol–water partition coefficient (Wildman–Crippen LogP) is 2.11. The summed E-state index contributed by atoms with van der Waals surface area (Å²) in [7, 11) is 0. The largest absolute Gasteiger partial charge is 0.365 e. The molecule has 0 N–H and O–H groups in total. The standard InChI is InChI=1S/C22H35N5O/c1-18(2)26-14-12-25(13-15-26)9-5-6-16-28-21-7-10-27(11-8-21)22-19(3)20(4)23-17-24-22/h17-18,21H,7-16H2,1-4H3. The first-order valence-corrected chi connectivity index (χ1v) is 10.6. The molecule has 6 heteroatoms. The molecule has 2 saturated heterocycles. The Morgan fingerprint density at radius 1 is 1.04 bits per heavy atom. The van der Waals surface area contributed by atoms with Crippen molar-refractivity contribution in [1.29, 1.82) is 0 Å². The fraction of sp³-hybridized carbons (Fsp3) is 0.727. The number of anilines is 1. The van der Waals surface area contributed by atoms with Crippen LogP contribution in [0.25, 0.3) is 0 Å². The molecule has 6 nitrogen and oxygen atoms in total. The van der Waals surface area contributed by atoms with E-state index in [0.717, 1.165) is 70.2 Å². The Kier molecular flexibility index (Phi) is 7.66. The molecule has 0 spiro atoms. The van der Waals surface area contributed by atoms with Crippen molar-refractivity contribution in [2.75, 3.05) is 57.3 Å². The minimum absolute atomic E-state index is 0.309. The summed E-state index contributed by atoms with van der Waals surface area (Å²) in [5, 5.41) is 0. The number of piperidine rings is 1. The van der Waals surface area contributed by atoms with Crippen molar-refractivity contribution in [3.63, 3.8) is 0 Å². The second-order valence-corrected chi connectivity index (χ2v) is 8.16. The molecule has 1 aromatic heterocycles. The molecule has 28 heavy (non-hydrogen) atoms. The van der Waals surface area contributed by atoms with Crippen molar-refractivity contribution in [3.8, 4) is 11.8 Å². The SMILES string of the molecule is Cc1ncnc(N2CCC(OCC#CCN3CCN(C(C)C)CC3)CC2)c1C. The van der Waals surface area contributed by atoms with Gasteiger partial charge in [0, 0.05) is 56.6 Å². The highest BCUT2D eigenvalue weighted by atomic mass is 16.5. The molecule has 3 rings (SSSR count). The Balaban J connectivity index is 1.33. The molecule has 0 aromatic carbocycles. The van der Waals surface area contributed by atoms with Crippen LogP contribution in [-0.2, 0) is 4.74 Å². The first-order valence-electron chi connectivity index (χ1n) is 10.6. The molecular formula is C22H35N5O. The van der Waals surface area contributed by atoms with E-state index >= 15 is 0 Å². The molecular weight excluding hydrogens is 350 g/mol. The summed E-state index contributed by atoms with van der Waals surface area (Å²) in [6.07, 6.45) is 4.03. The van der Waals surface area contributed by atoms with Crippen molar-refractivity contribution in [2.24, 2.45) is 0 Å². The van der Waals surface area contributed by atoms with Gasteiger partial charge >= 0.3 is 0 Å². The van der Waals surface area contributed by atoms with Gasteiger partial charge in [-0.3, -0.25) is 9.80 Å². The monoisotopic (exact) mass is 385 g/mol. The van der Waals surface area contributed by atoms with Crippen LogP contribution in [0.3, 0.4) is 0 Å². The van der Waals surface area contributed by atoms with Crippen molar-refractivity contribution in [1.82, 2.24) is 19.8 Å². The lowest BCUT2D eigenvalue weighted by atomic mass is 10.1. The number of piperazine rings is 1. The molecule has 3 heterocycles. The van der Waals surface area contributed by atoms with Gasteiger partial charge in [0.15, 0.2) is 0 Å². The van der Waals surface area contributed by atoms with Crippen LogP contribution in [-0.4, -0.2) is 84.3 Å². The van der Waals surface area contributed by atoms with Crippen LogP contribution >= 0.6 is 0 Å². The molecule has 1 aromatic rings. The number of hydrogen-bond donors (Lipinski definition) is 0. The molecule has 0 unspecified atom stereocenters. The molecule has 0 radical (unpaired) electrons. The summed E-state index contributed by atoms with van der Waals surface area (Å²) >= 11 is 0. The molecule has 2 aliphatic rings. The van der Waals surface area contributed by atoms with Crippen LogP contribution in [0.4, 0.5) is 5.82 Å². The summed E-state index contributed by atoms with van der Waals surface area (Å²) in [5.41, 5.74) is 2.24. The molecule has 0 aliphatic carbocycles. The zero-order chi connectivity index (χ0) is 19.9. The van der Waals surface area contributed by atoms with Crippen LogP contribution in [0.2, 0.25) is 0 Å². The predicted molar refractivity (Wildman–Crippen MR) is 114 cm³/mol. The lowest BCUT2D eigenvalue weighted by Crippen LogP contribution is -2.48. The fourth-order valence-electron chi connectivity index (χ4n) is 3.89. The maximum atomic E-state index is 6.00. The third-order valence-electron chi connectivity index (χ3n) is 6.01. The van der Waals surface area contributed by atoms with Crippen molar-refractivity contribution in [3.05, 3.63) is 17.6 Å². The Bertz CT molecular complexity index is 680. The summed E-state index contributed by atoms with van der Waals surface area (Å²) < 4.78 is 6.00. The molecule has 0 saturated carbocycles. The van der Waals surface area contributed by atoms with Gasteiger partial charge in [-0.25, -0.2) is 9.97 Å². The summed E-state index contributed by atoms with van der Waals surface area (Å²) in [5.74, 6) is 7.58. The third kappa shape index (κ3) is 5.66. The lowest BCUT2D eigenvalue weighted by Gasteiger charge is -2.36. The van der Waals surface area contributed by atoms with E-state index in [2.05, 4.69) is 57.3 Å². The molecule has 154 valence electrons. The smallest absolute Gasteiger partial charge is 0.135 e. The number of nitrogens with zero attached hydrogens (tertiary/aromatic N) is 5. The molecule has 0 amide bonds. The summed E-state index contributed by atoms with van der Waals surface area (Å²) in [4.78, 5) is 16.1. The van der Waals surface area contributed by atoms with E-state index in [1.165, 1.54) is 5.56 Å². The Labute approximate surface area is 170 Å². The molecule has 2 aliphatic heterocycles. The number of ether oxygens (including phenoxy) is 1. The van der Waals surface area contributed by atoms with Gasteiger partial charge in [0.2, 0.25) is 0 Å². The highest BCUT2D eigenvalue weighted by Crippen LogP contribution is 2.23. The minimum Gasteiger partial charge on any atom is -0.365 e. The first-order chi connectivity index (χ1) is 13.5. The van der Waals surface area contributed by atoms with Crippen LogP contribution in [0, 0.1) is 25.7 Å². The third-order valence-corrected chi connectivity index (χ3v) is 6.01. The molecule has 0 bridgehead atoms. The van der Waals surface area contributed by atoms with Gasteiger partial charge in [-0.1, -0.05) is 11.8 Å². The van der Waals surface area contributed by atoms with Gasteiger partial charge in [0.05, 0.1) is 12.6 Å². The van der Waals surface area contributed by atoms with E-state index in [9.17, 15) is 0 Å². The quantitative estimate of drug-likeness (QED) is 0.724. The second-order valence-electron chi connectivity index (χ2n) is 8.16. The number of aryl methyl sites for hydroxylation is 1. The highest BCUT2D eigenvalue weighted by Gasteiger charge is 2.22. The van der Waals surface area contributed by atoms with E-state index in [-0.39, 0.29) is 0 Å². The Morgan fingerprint density at radius 2 is 1.75 bits per heavy atom. The van der Waals surface area contributed by atoms with Gasteiger partial charge in [0.1, 0.15) is 18.8 Å². The van der Waals surface area contributed by atoms with Crippen LogP contribution in [0.5, 0.6) is 0 Å². The van der Waals surface area contributed by atoms with Gasteiger partial charge < -0.3 is 9.64 Å². The molecule has 0 atom stereocenters. The number of rotatable bonds is 5. The van der Waals surface area contributed by atoms with Gasteiger partial charge in [-0.2, -0.15) is 0 Å². The summed E-state index contributed by atoms with van der Waals surface area (Å²) in [6, 6.07) is 0.648. The van der Waals surface area contributed by atoms with Crippen molar-refractivity contribution in [2.45, 2.75) is 52.7 Å². The van der Waals surface area contributed by atoms with Gasteiger partial charge in [0.25, 0.3) is 0 Å². The molecule has 2 fully saturated rings. The zero-order valence-electron chi connectivity index (χ0n) is 17.9. The van der Waals surface area contributed by atoms with E-state index in [1.807, 2.05) is 6.92 Å². The Hall–Kier alpha value is -1.68. The van der Waals surface area contributed by atoms with Gasteiger partial charge in [-0.15, -0.1) is 0 Å². The normalized spacial score (nSPS) is 19.7. The van der Waals surface area contributed by atoms with Crippen LogP contribution in [0.1, 0.15) is 37.9 Å². The average Bonchev–Trinajstić information content (AvgIpc) is 2.71. The highest BCUT2D eigenvalue weighted by molar-refractivity contribution is 5.47. The number of aromatic nitrogens is 2. The topological polar surface area (TPSA) is 44.7 Å². The van der Waals surface area contributed by atoms with Crippen molar-refractivity contribution >= 4 is 5.82 Å². The number of hydrogen-bond acceptors (Lipinski definition) is 6. The van der Waals surface area contributed by atoms with Crippen LogP contribution < -0.4 is 4.90 Å². The fourth-order valence-corrected chi connectivity index (χ4v) is 3.89.